The number of hydrogen-bond donors (Lipinski definition) is 0. The maximum atomic E-state index is 11.0. The Balaban J connectivity index is 1.93. The predicted molar refractivity (Wildman–Crippen MR) is 86.9 cm³/mol. The molecular formula is C19H18O3. The van der Waals surface area contributed by atoms with Gasteiger partial charge in [0.1, 0.15) is 17.6 Å². The first-order valence-corrected chi connectivity index (χ1v) is 7.30. The van der Waals surface area contributed by atoms with Crippen molar-refractivity contribution in [3.05, 3.63) is 59.2 Å². The third-order valence-corrected chi connectivity index (χ3v) is 3.67. The Morgan fingerprint density at radius 2 is 1.86 bits per heavy atom. The third-order valence-electron chi connectivity index (χ3n) is 3.67. The molecule has 3 heteroatoms. The maximum absolute atomic E-state index is 11.0. The van der Waals surface area contributed by atoms with Crippen molar-refractivity contribution in [3.63, 3.8) is 0 Å². The van der Waals surface area contributed by atoms with E-state index < -0.39 is 0 Å². The van der Waals surface area contributed by atoms with Crippen molar-refractivity contribution >= 4 is 17.6 Å². The molecule has 0 aromatic heterocycles. The SMILES string of the molecule is CC(=O)Oc1ccc(C2=Cc3ccc(C)cc3OC2C)cc1. The quantitative estimate of drug-likeness (QED) is 0.614. The molecule has 1 aliphatic heterocycles. The van der Waals surface area contributed by atoms with Gasteiger partial charge in [-0.15, -0.1) is 0 Å². The molecule has 0 spiro atoms. The Kier molecular flexibility index (Phi) is 3.72. The molecule has 0 bridgehead atoms. The van der Waals surface area contributed by atoms with Gasteiger partial charge in [0.15, 0.2) is 0 Å². The molecule has 2 aromatic rings. The summed E-state index contributed by atoms with van der Waals surface area (Å²) in [6.45, 7) is 5.49. The van der Waals surface area contributed by atoms with E-state index in [0.29, 0.717) is 5.75 Å². The second-order valence-corrected chi connectivity index (χ2v) is 5.52. The highest BCUT2D eigenvalue weighted by Gasteiger charge is 2.20. The van der Waals surface area contributed by atoms with Gasteiger partial charge in [-0.2, -0.15) is 0 Å². The van der Waals surface area contributed by atoms with Gasteiger partial charge >= 0.3 is 5.97 Å². The summed E-state index contributed by atoms with van der Waals surface area (Å²) in [4.78, 5) is 11.0. The van der Waals surface area contributed by atoms with Crippen LogP contribution in [0.3, 0.4) is 0 Å². The number of aryl methyl sites for hydroxylation is 1. The minimum atomic E-state index is -0.314. The Morgan fingerprint density at radius 3 is 2.55 bits per heavy atom. The number of ether oxygens (including phenoxy) is 2. The lowest BCUT2D eigenvalue weighted by Crippen LogP contribution is -2.18. The van der Waals surface area contributed by atoms with Gasteiger partial charge in [0.2, 0.25) is 0 Å². The summed E-state index contributed by atoms with van der Waals surface area (Å²) in [7, 11) is 0. The molecule has 0 radical (unpaired) electrons. The summed E-state index contributed by atoms with van der Waals surface area (Å²) >= 11 is 0. The minimum Gasteiger partial charge on any atom is -0.485 e. The maximum Gasteiger partial charge on any atom is 0.308 e. The number of carbonyl (C=O) groups excluding carboxylic acids is 1. The van der Waals surface area contributed by atoms with Gasteiger partial charge in [0, 0.05) is 12.5 Å². The van der Waals surface area contributed by atoms with Gasteiger partial charge in [-0.3, -0.25) is 4.79 Å². The molecule has 3 nitrogen and oxygen atoms in total. The number of fused-ring (bicyclic) bond motifs is 1. The summed E-state index contributed by atoms with van der Waals surface area (Å²) in [5.74, 6) is 1.16. The molecule has 1 unspecified atom stereocenters. The smallest absolute Gasteiger partial charge is 0.308 e. The Morgan fingerprint density at radius 1 is 1.14 bits per heavy atom. The van der Waals surface area contributed by atoms with Crippen molar-refractivity contribution in [2.45, 2.75) is 26.9 Å². The first kappa shape index (κ1) is 14.4. The van der Waals surface area contributed by atoms with E-state index in [0.717, 1.165) is 22.4 Å². The molecule has 2 aromatic carbocycles. The number of hydrogen-bond acceptors (Lipinski definition) is 3. The molecule has 112 valence electrons. The highest BCUT2D eigenvalue weighted by atomic mass is 16.5. The fourth-order valence-electron chi connectivity index (χ4n) is 2.60. The highest BCUT2D eigenvalue weighted by molar-refractivity contribution is 5.87. The summed E-state index contributed by atoms with van der Waals surface area (Å²) < 4.78 is 11.1. The highest BCUT2D eigenvalue weighted by Crippen LogP contribution is 2.35. The second kappa shape index (κ2) is 5.68. The van der Waals surface area contributed by atoms with Crippen LogP contribution in [0.25, 0.3) is 11.6 Å². The topological polar surface area (TPSA) is 35.5 Å². The van der Waals surface area contributed by atoms with Crippen LogP contribution in [0.1, 0.15) is 30.5 Å². The lowest BCUT2D eigenvalue weighted by molar-refractivity contribution is -0.131. The number of rotatable bonds is 2. The number of esters is 1. The van der Waals surface area contributed by atoms with Crippen LogP contribution < -0.4 is 9.47 Å². The van der Waals surface area contributed by atoms with Crippen molar-refractivity contribution in [1.82, 2.24) is 0 Å². The Bertz CT molecular complexity index is 742. The van der Waals surface area contributed by atoms with E-state index >= 15 is 0 Å². The first-order chi connectivity index (χ1) is 10.5. The van der Waals surface area contributed by atoms with Crippen LogP contribution in [-0.4, -0.2) is 12.1 Å². The van der Waals surface area contributed by atoms with Crippen LogP contribution in [0, 0.1) is 6.92 Å². The van der Waals surface area contributed by atoms with Crippen LogP contribution in [0.4, 0.5) is 0 Å². The van der Waals surface area contributed by atoms with E-state index in [9.17, 15) is 4.79 Å². The zero-order chi connectivity index (χ0) is 15.7. The van der Waals surface area contributed by atoms with Crippen LogP contribution >= 0.6 is 0 Å². The van der Waals surface area contributed by atoms with Gasteiger partial charge in [-0.25, -0.2) is 0 Å². The average Bonchev–Trinajstić information content (AvgIpc) is 2.47. The predicted octanol–water partition coefficient (Wildman–Crippen LogP) is 4.24. The molecule has 1 heterocycles. The van der Waals surface area contributed by atoms with Crippen molar-refractivity contribution in [2.75, 3.05) is 0 Å². The van der Waals surface area contributed by atoms with Crippen LogP contribution in [0.2, 0.25) is 0 Å². The molecule has 22 heavy (non-hydrogen) atoms. The van der Waals surface area contributed by atoms with Crippen molar-refractivity contribution < 1.29 is 14.3 Å². The van der Waals surface area contributed by atoms with Crippen molar-refractivity contribution in [3.8, 4) is 11.5 Å². The standard InChI is InChI=1S/C19H18O3/c1-12-4-5-16-11-18(13(2)21-19(16)10-12)15-6-8-17(9-7-15)22-14(3)20/h4-11,13H,1-3H3. The Labute approximate surface area is 130 Å². The van der Waals surface area contributed by atoms with Gasteiger partial charge in [-0.05, 0) is 54.8 Å². The van der Waals surface area contributed by atoms with Crippen LogP contribution in [-0.2, 0) is 4.79 Å². The van der Waals surface area contributed by atoms with Gasteiger partial charge in [-0.1, -0.05) is 24.3 Å². The minimum absolute atomic E-state index is 0.0196. The lowest BCUT2D eigenvalue weighted by atomic mass is 9.95. The largest absolute Gasteiger partial charge is 0.485 e. The van der Waals surface area contributed by atoms with Gasteiger partial charge in [0.25, 0.3) is 0 Å². The molecule has 0 amide bonds. The molecule has 0 aliphatic carbocycles. The summed E-state index contributed by atoms with van der Waals surface area (Å²) in [6.07, 6.45) is 2.14. The van der Waals surface area contributed by atoms with Crippen molar-refractivity contribution in [1.29, 1.82) is 0 Å². The van der Waals surface area contributed by atoms with E-state index in [1.54, 1.807) is 12.1 Å². The number of carbonyl (C=O) groups is 1. The summed E-state index contributed by atoms with van der Waals surface area (Å²) in [5, 5.41) is 0. The van der Waals surface area contributed by atoms with E-state index in [2.05, 4.69) is 31.2 Å². The monoisotopic (exact) mass is 294 g/mol. The Hall–Kier alpha value is -2.55. The molecule has 0 saturated heterocycles. The third kappa shape index (κ3) is 2.89. The van der Waals surface area contributed by atoms with Gasteiger partial charge in [0.05, 0.1) is 0 Å². The summed E-state index contributed by atoms with van der Waals surface area (Å²) in [5.41, 5.74) is 4.46. The van der Waals surface area contributed by atoms with E-state index in [1.807, 2.05) is 19.1 Å². The fraction of sp³-hybridized carbons (Fsp3) is 0.211. The van der Waals surface area contributed by atoms with Gasteiger partial charge < -0.3 is 9.47 Å². The normalized spacial score (nSPS) is 16.3. The van der Waals surface area contributed by atoms with Crippen LogP contribution in [0.15, 0.2) is 42.5 Å². The molecule has 0 N–H and O–H groups in total. The van der Waals surface area contributed by atoms with E-state index in [-0.39, 0.29) is 12.1 Å². The van der Waals surface area contributed by atoms with E-state index in [4.69, 9.17) is 9.47 Å². The van der Waals surface area contributed by atoms with Crippen molar-refractivity contribution in [2.24, 2.45) is 0 Å². The average molecular weight is 294 g/mol. The zero-order valence-electron chi connectivity index (χ0n) is 12.9. The molecule has 3 rings (SSSR count). The lowest BCUT2D eigenvalue weighted by Gasteiger charge is -2.25. The molecular weight excluding hydrogens is 276 g/mol. The molecule has 0 fully saturated rings. The molecule has 1 aliphatic rings. The fourth-order valence-corrected chi connectivity index (χ4v) is 2.60. The van der Waals surface area contributed by atoms with Crippen LogP contribution in [0.5, 0.6) is 11.5 Å². The van der Waals surface area contributed by atoms with E-state index in [1.165, 1.54) is 12.5 Å². The second-order valence-electron chi connectivity index (χ2n) is 5.52. The first-order valence-electron chi connectivity index (χ1n) is 7.30. The summed E-state index contributed by atoms with van der Waals surface area (Å²) in [6, 6.07) is 13.7. The number of benzene rings is 2. The zero-order valence-corrected chi connectivity index (χ0v) is 12.9. The molecule has 0 saturated carbocycles. The molecule has 1 atom stereocenters.